The normalized spacial score (nSPS) is 12.0. The maximum Gasteiger partial charge on any atom is 0.506 e. The van der Waals surface area contributed by atoms with Crippen LogP contribution in [0.1, 0.15) is 53.8 Å². The maximum absolute atomic E-state index is 13.2. The number of H-pyrrole nitrogens is 1. The number of aryl methyl sites for hydroxylation is 1. The fourth-order valence-electron chi connectivity index (χ4n) is 3.90. The number of carbonyl (C=O) groups excluding carboxylic acids is 3. The lowest BCUT2D eigenvalue weighted by molar-refractivity contribution is -0.148. The highest BCUT2D eigenvalue weighted by Gasteiger charge is 2.21. The van der Waals surface area contributed by atoms with E-state index in [1.807, 2.05) is 6.92 Å². The van der Waals surface area contributed by atoms with Gasteiger partial charge >= 0.3 is 24.1 Å². The van der Waals surface area contributed by atoms with E-state index in [4.69, 9.17) is 31.3 Å². The molecule has 2 heterocycles. The van der Waals surface area contributed by atoms with E-state index in [0.717, 1.165) is 0 Å². The molecule has 0 fully saturated rings. The van der Waals surface area contributed by atoms with Gasteiger partial charge in [-0.15, -0.1) is 0 Å². The Kier molecular flexibility index (Phi) is 12.7. The Morgan fingerprint density at radius 1 is 1.02 bits per heavy atom. The van der Waals surface area contributed by atoms with Crippen molar-refractivity contribution in [3.8, 4) is 11.3 Å². The van der Waals surface area contributed by atoms with Gasteiger partial charge in [0.25, 0.3) is 5.91 Å². The zero-order valence-corrected chi connectivity index (χ0v) is 25.1. The lowest BCUT2D eigenvalue weighted by atomic mass is 10.1. The molecule has 240 valence electrons. The number of carbonyl (C=O) groups is 5. The fourth-order valence-corrected chi connectivity index (χ4v) is 4.10. The summed E-state index contributed by atoms with van der Waals surface area (Å²) >= 11 is 6.13. The molecule has 2 atom stereocenters. The van der Waals surface area contributed by atoms with Gasteiger partial charge in [0.15, 0.2) is 6.61 Å². The summed E-state index contributed by atoms with van der Waals surface area (Å²) < 4.78 is 14.5. The minimum Gasteiger partial charge on any atom is -0.481 e. The first-order chi connectivity index (χ1) is 21.4. The van der Waals surface area contributed by atoms with Gasteiger partial charge in [0.1, 0.15) is 18.9 Å². The van der Waals surface area contributed by atoms with Crippen molar-refractivity contribution in [3.05, 3.63) is 64.6 Å². The molecular formula is C29H32ClN5O10. The standard InChI is InChI=1S/C29H32ClN5O10/c1-3-20(13-43-25(39)15-45-29(41)42)33-28-32-11-16(2)26(35-28)18-10-21(31-12-18)27(40)34-22(17-5-4-6-19(30)9-17)14-44-24(38)8-7-23(36)37/h4-6,9-12,20,22,31H,3,7-8,13-15H2,1-2H3,(H,34,40)(H,36,37)(H,41,42)(H,32,33,35)/t20-,22-/m1/s1. The molecular weight excluding hydrogens is 614 g/mol. The molecule has 1 aromatic carbocycles. The number of carboxylic acid groups (broad SMARTS) is 2. The van der Waals surface area contributed by atoms with E-state index in [0.29, 0.717) is 33.8 Å². The van der Waals surface area contributed by atoms with E-state index in [2.05, 4.69) is 30.3 Å². The Labute approximate surface area is 262 Å². The molecule has 0 aliphatic heterocycles. The van der Waals surface area contributed by atoms with Gasteiger partial charge in [0.2, 0.25) is 5.95 Å². The van der Waals surface area contributed by atoms with Gasteiger partial charge in [0, 0.05) is 23.0 Å². The van der Waals surface area contributed by atoms with Crippen molar-refractivity contribution >= 4 is 47.5 Å². The highest BCUT2D eigenvalue weighted by atomic mass is 35.5. The molecule has 16 heteroatoms. The Morgan fingerprint density at radius 3 is 2.47 bits per heavy atom. The number of nitrogens with one attached hydrogen (secondary N) is 3. The van der Waals surface area contributed by atoms with E-state index in [9.17, 15) is 24.0 Å². The first-order valence-electron chi connectivity index (χ1n) is 13.7. The number of benzene rings is 1. The van der Waals surface area contributed by atoms with Crippen LogP contribution in [0.3, 0.4) is 0 Å². The van der Waals surface area contributed by atoms with Crippen molar-refractivity contribution in [2.24, 2.45) is 0 Å². The van der Waals surface area contributed by atoms with E-state index < -0.39 is 42.6 Å². The molecule has 0 aliphatic carbocycles. The quantitative estimate of drug-likeness (QED) is 0.111. The smallest absolute Gasteiger partial charge is 0.481 e. The summed E-state index contributed by atoms with van der Waals surface area (Å²) in [6.45, 7) is 2.58. The Hall–Kier alpha value is -5.18. The van der Waals surface area contributed by atoms with E-state index >= 15 is 0 Å². The van der Waals surface area contributed by atoms with E-state index in [-0.39, 0.29) is 43.7 Å². The van der Waals surface area contributed by atoms with Gasteiger partial charge in [-0.25, -0.2) is 19.6 Å². The highest BCUT2D eigenvalue weighted by molar-refractivity contribution is 6.30. The van der Waals surface area contributed by atoms with Crippen LogP contribution in [0.2, 0.25) is 5.02 Å². The fraction of sp³-hybridized carbons (Fsp3) is 0.345. The Morgan fingerprint density at radius 2 is 1.78 bits per heavy atom. The number of hydrogen-bond donors (Lipinski definition) is 5. The van der Waals surface area contributed by atoms with Gasteiger partial charge in [-0.3, -0.25) is 14.4 Å². The minimum absolute atomic E-state index is 0.0813. The number of aliphatic carboxylic acids is 1. The van der Waals surface area contributed by atoms with Crippen LogP contribution in [0.5, 0.6) is 0 Å². The third kappa shape index (κ3) is 11.1. The Bertz CT molecular complexity index is 1530. The van der Waals surface area contributed by atoms with E-state index in [1.165, 1.54) is 0 Å². The zero-order valence-electron chi connectivity index (χ0n) is 24.4. The van der Waals surface area contributed by atoms with Crippen LogP contribution in [-0.2, 0) is 28.6 Å². The van der Waals surface area contributed by atoms with Gasteiger partial charge in [-0.2, -0.15) is 0 Å². The van der Waals surface area contributed by atoms with Gasteiger partial charge in [-0.1, -0.05) is 30.7 Å². The topological polar surface area (TPSA) is 219 Å². The molecule has 3 aromatic rings. The number of carboxylic acids is 1. The van der Waals surface area contributed by atoms with Crippen LogP contribution in [0.25, 0.3) is 11.3 Å². The summed E-state index contributed by atoms with van der Waals surface area (Å²) in [4.78, 5) is 69.9. The second-order valence-corrected chi connectivity index (χ2v) is 10.1. The molecule has 1 amide bonds. The minimum atomic E-state index is -1.58. The van der Waals surface area contributed by atoms with Crippen LogP contribution < -0.4 is 10.6 Å². The molecule has 0 spiro atoms. The number of halogens is 1. The summed E-state index contributed by atoms with van der Waals surface area (Å²) in [5, 5.41) is 23.6. The molecule has 0 saturated heterocycles. The van der Waals surface area contributed by atoms with Crippen molar-refractivity contribution in [2.75, 3.05) is 25.1 Å². The molecule has 2 aromatic heterocycles. The van der Waals surface area contributed by atoms with Crippen molar-refractivity contribution in [2.45, 2.75) is 45.2 Å². The maximum atomic E-state index is 13.2. The lowest BCUT2D eigenvalue weighted by Gasteiger charge is -2.19. The number of aromatic amines is 1. The number of hydrogen-bond acceptors (Lipinski definition) is 11. The molecule has 0 aliphatic rings. The van der Waals surface area contributed by atoms with Gasteiger partial charge < -0.3 is 40.0 Å². The van der Waals surface area contributed by atoms with Gasteiger partial charge in [-0.05, 0) is 42.7 Å². The average Bonchev–Trinajstić information content (AvgIpc) is 3.50. The lowest BCUT2D eigenvalue weighted by Crippen LogP contribution is -2.32. The zero-order chi connectivity index (χ0) is 32.9. The third-order valence-electron chi connectivity index (χ3n) is 6.27. The second kappa shape index (κ2) is 16.6. The SMILES string of the molecule is CC[C@H](COC(=O)COC(=O)O)Nc1ncc(C)c(-c2c[nH]c(C(=O)N[C@H](COC(=O)CCC(=O)O)c3cccc(Cl)c3)c2)n1. The first kappa shape index (κ1) is 34.3. The predicted octanol–water partition coefficient (Wildman–Crippen LogP) is 3.74. The molecule has 0 unspecified atom stereocenters. The van der Waals surface area contributed by atoms with Crippen LogP contribution in [0.4, 0.5) is 10.7 Å². The molecule has 0 radical (unpaired) electrons. The van der Waals surface area contributed by atoms with Gasteiger partial charge in [0.05, 0.1) is 30.6 Å². The second-order valence-electron chi connectivity index (χ2n) is 9.67. The number of nitrogens with zero attached hydrogens (tertiary/aromatic N) is 2. The molecule has 0 saturated carbocycles. The summed E-state index contributed by atoms with van der Waals surface area (Å²) in [6.07, 6.45) is 1.43. The number of anilines is 1. The Balaban J connectivity index is 1.70. The van der Waals surface area contributed by atoms with E-state index in [1.54, 1.807) is 49.6 Å². The monoisotopic (exact) mass is 645 g/mol. The van der Waals surface area contributed by atoms with Crippen LogP contribution in [0.15, 0.2) is 42.7 Å². The van der Waals surface area contributed by atoms with Crippen LogP contribution in [-0.4, -0.2) is 81.0 Å². The number of aromatic nitrogens is 3. The molecule has 3 rings (SSSR count). The molecule has 45 heavy (non-hydrogen) atoms. The summed E-state index contributed by atoms with van der Waals surface area (Å²) in [6, 6.07) is 7.07. The molecule has 15 nitrogen and oxygen atoms in total. The summed E-state index contributed by atoms with van der Waals surface area (Å²) in [5.74, 6) is -2.97. The van der Waals surface area contributed by atoms with Crippen molar-refractivity contribution < 1.29 is 48.4 Å². The average molecular weight is 646 g/mol. The highest BCUT2D eigenvalue weighted by Crippen LogP contribution is 2.24. The largest absolute Gasteiger partial charge is 0.506 e. The molecule has 5 N–H and O–H groups in total. The van der Waals surface area contributed by atoms with Crippen molar-refractivity contribution in [1.29, 1.82) is 0 Å². The number of esters is 2. The number of rotatable bonds is 16. The summed E-state index contributed by atoms with van der Waals surface area (Å²) in [5.41, 5.74) is 2.56. The first-order valence-corrected chi connectivity index (χ1v) is 14.1. The third-order valence-corrected chi connectivity index (χ3v) is 6.50. The number of amides is 1. The van der Waals surface area contributed by atoms with Crippen LogP contribution >= 0.6 is 11.6 Å². The van der Waals surface area contributed by atoms with Crippen molar-refractivity contribution in [3.63, 3.8) is 0 Å². The van der Waals surface area contributed by atoms with Crippen LogP contribution in [0, 0.1) is 6.92 Å². The van der Waals surface area contributed by atoms with Crippen molar-refractivity contribution in [1.82, 2.24) is 20.3 Å². The molecule has 0 bridgehead atoms. The number of ether oxygens (including phenoxy) is 3. The summed E-state index contributed by atoms with van der Waals surface area (Å²) in [7, 11) is 0. The predicted molar refractivity (Wildman–Crippen MR) is 159 cm³/mol.